The number of hydrogen-bond donors (Lipinski definition) is 0. The fourth-order valence-corrected chi connectivity index (χ4v) is 1.98. The zero-order valence-electron chi connectivity index (χ0n) is 8.77. The van der Waals surface area contributed by atoms with Crippen molar-refractivity contribution >= 4 is 34.2 Å². The highest BCUT2D eigenvalue weighted by atomic mass is 127. The van der Waals surface area contributed by atoms with Gasteiger partial charge >= 0.3 is 5.97 Å². The third-order valence-corrected chi connectivity index (χ3v) is 3.02. The summed E-state index contributed by atoms with van der Waals surface area (Å²) in [6.07, 6.45) is 0. The third kappa shape index (κ3) is 2.71. The predicted molar refractivity (Wildman–Crippen MR) is 66.5 cm³/mol. The topological polar surface area (TPSA) is 93.2 Å². The van der Waals surface area contributed by atoms with E-state index in [-0.39, 0.29) is 27.0 Å². The summed E-state index contributed by atoms with van der Waals surface area (Å²) >= 11 is 1.67. The van der Waals surface area contributed by atoms with E-state index in [4.69, 9.17) is 10.00 Å². The van der Waals surface area contributed by atoms with E-state index in [1.54, 1.807) is 35.6 Å². The zero-order valence-corrected chi connectivity index (χ0v) is 10.9. The predicted octanol–water partition coefficient (Wildman–Crippen LogP) is 2.25. The summed E-state index contributed by atoms with van der Waals surface area (Å²) in [5.41, 5.74) is -0.183. The third-order valence-electron chi connectivity index (χ3n) is 1.93. The van der Waals surface area contributed by atoms with Crippen LogP contribution in [0.3, 0.4) is 0 Å². The molecule has 1 rings (SSSR count). The molecule has 88 valence electrons. The monoisotopic (exact) mass is 346 g/mol. The number of nitro benzene ring substituents is 1. The van der Waals surface area contributed by atoms with E-state index in [1.807, 2.05) is 0 Å². The summed E-state index contributed by atoms with van der Waals surface area (Å²) in [5.74, 6) is -0.656. The summed E-state index contributed by atoms with van der Waals surface area (Å²) in [6, 6.07) is 4.21. The molecule has 0 bridgehead atoms. The van der Waals surface area contributed by atoms with Crippen LogP contribution in [0, 0.1) is 25.0 Å². The van der Waals surface area contributed by atoms with Crippen LogP contribution in [0.25, 0.3) is 0 Å². The lowest BCUT2D eigenvalue weighted by Gasteiger charge is -2.05. The number of esters is 1. The number of nitro groups is 1. The van der Waals surface area contributed by atoms with Gasteiger partial charge in [0, 0.05) is 6.07 Å². The van der Waals surface area contributed by atoms with Crippen LogP contribution in [0.15, 0.2) is 12.1 Å². The molecule has 0 aliphatic carbocycles. The van der Waals surface area contributed by atoms with Crippen LogP contribution in [0.4, 0.5) is 5.69 Å². The normalized spacial score (nSPS) is 9.47. The van der Waals surface area contributed by atoms with Gasteiger partial charge in [0.2, 0.25) is 0 Å². The SMILES string of the molecule is CCOC(=O)c1ccc([N+](=O)[O-])c(I)c1C#N. The molecule has 7 heteroatoms. The van der Waals surface area contributed by atoms with Crippen molar-refractivity contribution in [2.45, 2.75) is 6.92 Å². The maximum Gasteiger partial charge on any atom is 0.339 e. The van der Waals surface area contributed by atoms with Crippen molar-refractivity contribution in [3.8, 4) is 6.07 Å². The Hall–Kier alpha value is -1.69. The number of halogens is 1. The number of carbonyl (C=O) groups excluding carboxylic acids is 1. The number of hydrogen-bond acceptors (Lipinski definition) is 5. The highest BCUT2D eigenvalue weighted by Crippen LogP contribution is 2.27. The molecule has 0 saturated carbocycles. The first-order valence-corrected chi connectivity index (χ1v) is 5.64. The van der Waals surface area contributed by atoms with Crippen LogP contribution < -0.4 is 0 Å². The molecule has 0 amide bonds. The molecule has 6 nitrogen and oxygen atoms in total. The van der Waals surface area contributed by atoms with Crippen molar-refractivity contribution < 1.29 is 14.5 Å². The first-order chi connectivity index (χ1) is 8.02. The Kier molecular flexibility index (Phi) is 4.39. The highest BCUT2D eigenvalue weighted by molar-refractivity contribution is 14.1. The van der Waals surface area contributed by atoms with Gasteiger partial charge in [0.15, 0.2) is 0 Å². The number of benzene rings is 1. The van der Waals surface area contributed by atoms with E-state index in [1.165, 1.54) is 12.1 Å². The van der Waals surface area contributed by atoms with Crippen molar-refractivity contribution in [3.05, 3.63) is 36.9 Å². The summed E-state index contributed by atoms with van der Waals surface area (Å²) in [4.78, 5) is 21.6. The van der Waals surface area contributed by atoms with Crippen LogP contribution in [0.1, 0.15) is 22.8 Å². The second-order valence-corrected chi connectivity index (χ2v) is 3.99. The summed E-state index contributed by atoms with van der Waals surface area (Å²) in [6.45, 7) is 1.82. The van der Waals surface area contributed by atoms with Crippen molar-refractivity contribution in [1.82, 2.24) is 0 Å². The van der Waals surface area contributed by atoms with Gasteiger partial charge in [-0.3, -0.25) is 10.1 Å². The number of ether oxygens (including phenoxy) is 1. The Morgan fingerprint density at radius 2 is 2.29 bits per heavy atom. The number of carbonyl (C=O) groups is 1. The fourth-order valence-electron chi connectivity index (χ4n) is 1.19. The van der Waals surface area contributed by atoms with Crippen LogP contribution >= 0.6 is 22.6 Å². The van der Waals surface area contributed by atoms with Crippen molar-refractivity contribution in [2.24, 2.45) is 0 Å². The number of rotatable bonds is 3. The molecule has 0 radical (unpaired) electrons. The molecule has 0 spiro atoms. The standard InChI is InChI=1S/C10H7IN2O4/c1-2-17-10(14)6-3-4-8(13(15)16)9(11)7(6)5-12/h3-4H,2H2,1H3. The molecule has 0 aliphatic rings. The molecule has 1 aromatic carbocycles. The minimum atomic E-state index is -0.656. The maximum atomic E-state index is 11.5. The van der Waals surface area contributed by atoms with E-state index in [9.17, 15) is 14.9 Å². The van der Waals surface area contributed by atoms with Crippen LogP contribution in [-0.2, 0) is 4.74 Å². The van der Waals surface area contributed by atoms with Crippen LogP contribution in [0.5, 0.6) is 0 Å². The Morgan fingerprint density at radius 1 is 1.65 bits per heavy atom. The number of nitrogens with zero attached hydrogens (tertiary/aromatic N) is 2. The lowest BCUT2D eigenvalue weighted by atomic mass is 10.1. The first kappa shape index (κ1) is 13.4. The summed E-state index contributed by atoms with van der Waals surface area (Å²) in [7, 11) is 0. The molecular weight excluding hydrogens is 339 g/mol. The van der Waals surface area contributed by atoms with Crippen LogP contribution in [-0.4, -0.2) is 17.5 Å². The average molecular weight is 346 g/mol. The minimum Gasteiger partial charge on any atom is -0.462 e. The molecule has 0 unspecified atom stereocenters. The van der Waals surface area contributed by atoms with E-state index in [0.717, 1.165) is 0 Å². The van der Waals surface area contributed by atoms with Gasteiger partial charge in [-0.15, -0.1) is 0 Å². The quantitative estimate of drug-likeness (QED) is 0.362. The van der Waals surface area contributed by atoms with E-state index >= 15 is 0 Å². The van der Waals surface area contributed by atoms with E-state index in [2.05, 4.69) is 0 Å². The summed E-state index contributed by atoms with van der Waals surface area (Å²) < 4.78 is 4.90. The highest BCUT2D eigenvalue weighted by Gasteiger charge is 2.22. The van der Waals surface area contributed by atoms with E-state index in [0.29, 0.717) is 0 Å². The van der Waals surface area contributed by atoms with Gasteiger partial charge in [0.25, 0.3) is 5.69 Å². The Labute approximate surface area is 110 Å². The lowest BCUT2D eigenvalue weighted by Crippen LogP contribution is -2.09. The van der Waals surface area contributed by atoms with Gasteiger partial charge in [0.05, 0.1) is 22.7 Å². The van der Waals surface area contributed by atoms with Crippen molar-refractivity contribution in [2.75, 3.05) is 6.61 Å². The molecule has 1 aromatic rings. The van der Waals surface area contributed by atoms with Gasteiger partial charge in [-0.25, -0.2) is 4.79 Å². The van der Waals surface area contributed by atoms with Gasteiger partial charge in [0.1, 0.15) is 9.64 Å². The van der Waals surface area contributed by atoms with Gasteiger partial charge in [-0.1, -0.05) is 0 Å². The van der Waals surface area contributed by atoms with Gasteiger partial charge in [-0.05, 0) is 35.6 Å². The van der Waals surface area contributed by atoms with E-state index < -0.39 is 10.9 Å². The molecule has 0 aliphatic heterocycles. The molecule has 17 heavy (non-hydrogen) atoms. The summed E-state index contributed by atoms with van der Waals surface area (Å²) in [5, 5.41) is 19.6. The Bertz CT molecular complexity index is 522. The Balaban J connectivity index is 3.37. The van der Waals surface area contributed by atoms with Crippen LogP contribution in [0.2, 0.25) is 0 Å². The van der Waals surface area contributed by atoms with Crippen molar-refractivity contribution in [1.29, 1.82) is 5.26 Å². The lowest BCUT2D eigenvalue weighted by molar-refractivity contribution is -0.385. The Morgan fingerprint density at radius 3 is 2.76 bits per heavy atom. The van der Waals surface area contributed by atoms with Gasteiger partial charge in [-0.2, -0.15) is 5.26 Å². The minimum absolute atomic E-state index is 0.0294. The fraction of sp³-hybridized carbons (Fsp3) is 0.200. The first-order valence-electron chi connectivity index (χ1n) is 4.57. The molecular formula is C10H7IN2O4. The molecule has 0 heterocycles. The number of nitriles is 1. The largest absolute Gasteiger partial charge is 0.462 e. The second-order valence-electron chi connectivity index (χ2n) is 2.91. The average Bonchev–Trinajstić information content (AvgIpc) is 2.28. The second kappa shape index (κ2) is 5.58. The molecule has 0 saturated heterocycles. The molecule has 0 fully saturated rings. The smallest absolute Gasteiger partial charge is 0.339 e. The molecule has 0 aromatic heterocycles. The van der Waals surface area contributed by atoms with Gasteiger partial charge < -0.3 is 4.74 Å². The molecule has 0 atom stereocenters. The maximum absolute atomic E-state index is 11.5. The molecule has 0 N–H and O–H groups in total. The zero-order chi connectivity index (χ0) is 13.0. The van der Waals surface area contributed by atoms with Crippen molar-refractivity contribution in [3.63, 3.8) is 0 Å².